The average molecular weight is 342 g/mol. The van der Waals surface area contributed by atoms with Gasteiger partial charge in [-0.2, -0.15) is 0 Å². The first-order chi connectivity index (χ1) is 9.51. The van der Waals surface area contributed by atoms with Crippen LogP contribution in [0.4, 0.5) is 8.78 Å². The fourth-order valence-electron chi connectivity index (χ4n) is 2.03. The van der Waals surface area contributed by atoms with Crippen LogP contribution in [0.15, 0.2) is 40.9 Å². The van der Waals surface area contributed by atoms with E-state index in [1.165, 1.54) is 12.1 Å². The Hall–Kier alpha value is -1.46. The summed E-state index contributed by atoms with van der Waals surface area (Å²) in [5.41, 5.74) is 7.26. The van der Waals surface area contributed by atoms with Gasteiger partial charge in [-0.3, -0.25) is 0 Å². The van der Waals surface area contributed by atoms with Gasteiger partial charge in [0.25, 0.3) is 0 Å². The Kier molecular flexibility index (Phi) is 4.73. The number of hydrogen-bond donors (Lipinski definition) is 1. The third kappa shape index (κ3) is 3.35. The maximum absolute atomic E-state index is 13.7. The van der Waals surface area contributed by atoms with Gasteiger partial charge < -0.3 is 10.5 Å². The summed E-state index contributed by atoms with van der Waals surface area (Å²) in [7, 11) is 1.55. The molecule has 0 aliphatic heterocycles. The maximum atomic E-state index is 13.7. The third-order valence-corrected chi connectivity index (χ3v) is 3.54. The van der Waals surface area contributed by atoms with Gasteiger partial charge in [-0.05, 0) is 36.2 Å². The molecular weight excluding hydrogens is 328 g/mol. The summed E-state index contributed by atoms with van der Waals surface area (Å²) < 4.78 is 32.7. The second-order valence-electron chi connectivity index (χ2n) is 4.43. The number of benzene rings is 2. The molecule has 106 valence electrons. The Morgan fingerprint density at radius 2 is 1.95 bits per heavy atom. The van der Waals surface area contributed by atoms with Crippen molar-refractivity contribution in [3.63, 3.8) is 0 Å². The lowest BCUT2D eigenvalue weighted by Gasteiger charge is -2.16. The van der Waals surface area contributed by atoms with E-state index in [1.807, 2.05) is 12.1 Å². The molecule has 0 saturated carbocycles. The Bertz CT molecular complexity index is 619. The lowest BCUT2D eigenvalue weighted by atomic mass is 9.98. The van der Waals surface area contributed by atoms with Crippen LogP contribution in [0.3, 0.4) is 0 Å². The predicted molar refractivity (Wildman–Crippen MR) is 77.7 cm³/mol. The molecule has 2 aromatic rings. The van der Waals surface area contributed by atoms with E-state index in [4.69, 9.17) is 10.5 Å². The van der Waals surface area contributed by atoms with E-state index in [1.54, 1.807) is 13.2 Å². The highest BCUT2D eigenvalue weighted by Crippen LogP contribution is 2.29. The monoisotopic (exact) mass is 341 g/mol. The molecule has 0 fully saturated rings. The van der Waals surface area contributed by atoms with Crippen molar-refractivity contribution in [2.75, 3.05) is 7.11 Å². The topological polar surface area (TPSA) is 35.2 Å². The van der Waals surface area contributed by atoms with Gasteiger partial charge in [0, 0.05) is 22.1 Å². The lowest BCUT2D eigenvalue weighted by molar-refractivity contribution is 0.405. The molecule has 20 heavy (non-hydrogen) atoms. The summed E-state index contributed by atoms with van der Waals surface area (Å²) in [5.74, 6) is -0.544. The molecule has 0 radical (unpaired) electrons. The Labute approximate surface area is 124 Å². The molecule has 2 N–H and O–H groups in total. The van der Waals surface area contributed by atoms with Gasteiger partial charge in [-0.15, -0.1) is 0 Å². The minimum atomic E-state index is -0.597. The van der Waals surface area contributed by atoms with E-state index in [2.05, 4.69) is 15.9 Å². The van der Waals surface area contributed by atoms with Crippen LogP contribution in [0.25, 0.3) is 0 Å². The molecule has 0 saturated heterocycles. The molecule has 0 aliphatic carbocycles. The van der Waals surface area contributed by atoms with Gasteiger partial charge in [0.05, 0.1) is 7.11 Å². The smallest absolute Gasteiger partial charge is 0.129 e. The quantitative estimate of drug-likeness (QED) is 0.912. The van der Waals surface area contributed by atoms with Gasteiger partial charge >= 0.3 is 0 Å². The van der Waals surface area contributed by atoms with Crippen molar-refractivity contribution in [3.05, 3.63) is 63.6 Å². The fraction of sp³-hybridized carbons (Fsp3) is 0.200. The molecule has 0 heterocycles. The number of rotatable bonds is 4. The zero-order chi connectivity index (χ0) is 14.7. The van der Waals surface area contributed by atoms with Crippen molar-refractivity contribution in [3.8, 4) is 5.75 Å². The average Bonchev–Trinajstić information content (AvgIpc) is 2.41. The molecule has 1 atom stereocenters. The van der Waals surface area contributed by atoms with Gasteiger partial charge in [0.2, 0.25) is 0 Å². The summed E-state index contributed by atoms with van der Waals surface area (Å²) in [5, 5.41) is 0. The predicted octanol–water partition coefficient (Wildman–Crippen LogP) is 3.98. The van der Waals surface area contributed by atoms with E-state index in [-0.39, 0.29) is 6.42 Å². The maximum Gasteiger partial charge on any atom is 0.129 e. The van der Waals surface area contributed by atoms with Crippen LogP contribution in [0.5, 0.6) is 5.75 Å². The van der Waals surface area contributed by atoms with Crippen molar-refractivity contribution in [2.45, 2.75) is 12.5 Å². The summed E-state index contributed by atoms with van der Waals surface area (Å²) in [6, 6.07) is 8.53. The Balaban J connectivity index is 2.27. The number of ether oxygens (including phenoxy) is 1. The summed E-state index contributed by atoms with van der Waals surface area (Å²) >= 11 is 3.37. The van der Waals surface area contributed by atoms with E-state index < -0.39 is 17.7 Å². The minimum Gasteiger partial charge on any atom is -0.496 e. The molecule has 0 spiro atoms. The molecule has 1 unspecified atom stereocenters. The van der Waals surface area contributed by atoms with Crippen molar-refractivity contribution >= 4 is 15.9 Å². The highest BCUT2D eigenvalue weighted by molar-refractivity contribution is 9.10. The number of nitrogens with two attached hydrogens (primary N) is 1. The summed E-state index contributed by atoms with van der Waals surface area (Å²) in [6.45, 7) is 0. The zero-order valence-electron chi connectivity index (χ0n) is 10.9. The van der Waals surface area contributed by atoms with Gasteiger partial charge in [0.15, 0.2) is 0 Å². The number of hydrogen-bond acceptors (Lipinski definition) is 2. The van der Waals surface area contributed by atoms with Crippen LogP contribution < -0.4 is 10.5 Å². The molecule has 5 heteroatoms. The summed E-state index contributed by atoms with van der Waals surface area (Å²) in [4.78, 5) is 0. The first-order valence-corrected chi connectivity index (χ1v) is 6.83. The second-order valence-corrected chi connectivity index (χ2v) is 5.35. The highest BCUT2D eigenvalue weighted by atomic mass is 79.9. The van der Waals surface area contributed by atoms with Crippen LogP contribution in [-0.2, 0) is 6.42 Å². The lowest BCUT2D eigenvalue weighted by Crippen LogP contribution is -2.15. The van der Waals surface area contributed by atoms with Crippen LogP contribution in [0.2, 0.25) is 0 Å². The molecular formula is C15H14BrF2NO. The standard InChI is InChI=1S/C15H14BrF2NO/c1-20-15-5-3-10(16)7-12(15)14(19)6-9-2-4-11(17)8-13(9)18/h2-5,7-8,14H,6,19H2,1H3. The molecule has 0 amide bonds. The SMILES string of the molecule is COc1ccc(Br)cc1C(N)Cc1ccc(F)cc1F. The van der Waals surface area contributed by atoms with Crippen LogP contribution in [0, 0.1) is 11.6 Å². The number of methoxy groups -OCH3 is 1. The normalized spacial score (nSPS) is 12.2. The van der Waals surface area contributed by atoms with Crippen LogP contribution in [-0.4, -0.2) is 7.11 Å². The second kappa shape index (κ2) is 6.33. The first-order valence-electron chi connectivity index (χ1n) is 6.04. The van der Waals surface area contributed by atoms with Crippen molar-refractivity contribution in [1.82, 2.24) is 0 Å². The Morgan fingerprint density at radius 3 is 2.60 bits per heavy atom. The van der Waals surface area contributed by atoms with Gasteiger partial charge in [0.1, 0.15) is 17.4 Å². The molecule has 0 aliphatic rings. The zero-order valence-corrected chi connectivity index (χ0v) is 12.5. The highest BCUT2D eigenvalue weighted by Gasteiger charge is 2.15. The van der Waals surface area contributed by atoms with E-state index >= 15 is 0 Å². The van der Waals surface area contributed by atoms with Crippen molar-refractivity contribution < 1.29 is 13.5 Å². The van der Waals surface area contributed by atoms with Gasteiger partial charge in [-0.25, -0.2) is 8.78 Å². The Morgan fingerprint density at radius 1 is 1.20 bits per heavy atom. The fourth-order valence-corrected chi connectivity index (χ4v) is 2.41. The third-order valence-electron chi connectivity index (χ3n) is 3.05. The molecule has 2 nitrogen and oxygen atoms in total. The minimum absolute atomic E-state index is 0.263. The first kappa shape index (κ1) is 14.9. The molecule has 0 aromatic heterocycles. The van der Waals surface area contributed by atoms with E-state index in [0.29, 0.717) is 11.3 Å². The molecule has 2 aromatic carbocycles. The van der Waals surface area contributed by atoms with Crippen molar-refractivity contribution in [1.29, 1.82) is 0 Å². The van der Waals surface area contributed by atoms with E-state index in [9.17, 15) is 8.78 Å². The van der Waals surface area contributed by atoms with Crippen LogP contribution >= 0.6 is 15.9 Å². The van der Waals surface area contributed by atoms with Gasteiger partial charge in [-0.1, -0.05) is 22.0 Å². The number of halogens is 3. The van der Waals surface area contributed by atoms with Crippen LogP contribution in [0.1, 0.15) is 17.2 Å². The van der Waals surface area contributed by atoms with E-state index in [0.717, 1.165) is 16.1 Å². The molecule has 2 rings (SSSR count). The molecule has 0 bridgehead atoms. The largest absolute Gasteiger partial charge is 0.496 e. The van der Waals surface area contributed by atoms with Crippen molar-refractivity contribution in [2.24, 2.45) is 5.73 Å². The summed E-state index contributed by atoms with van der Waals surface area (Å²) in [6.07, 6.45) is 0.263.